The van der Waals surface area contributed by atoms with Crippen molar-refractivity contribution in [2.24, 2.45) is 0 Å². The van der Waals surface area contributed by atoms with Crippen molar-refractivity contribution in [1.29, 1.82) is 5.26 Å². The third-order valence-corrected chi connectivity index (χ3v) is 7.36. The van der Waals surface area contributed by atoms with Crippen molar-refractivity contribution >= 4 is 23.3 Å². The van der Waals surface area contributed by atoms with Crippen LogP contribution in [0.25, 0.3) is 0 Å². The van der Waals surface area contributed by atoms with E-state index in [9.17, 15) is 4.79 Å². The molecule has 1 amide bonds. The zero-order valence-electron chi connectivity index (χ0n) is 20.6. The molecule has 8 nitrogen and oxygen atoms in total. The number of ether oxygens (including phenoxy) is 1. The maximum Gasteiger partial charge on any atom is 0.272 e. The molecule has 2 atom stereocenters. The van der Waals surface area contributed by atoms with Crippen LogP contribution in [0, 0.1) is 11.3 Å². The van der Waals surface area contributed by atoms with Gasteiger partial charge in [-0.1, -0.05) is 18.5 Å². The van der Waals surface area contributed by atoms with Gasteiger partial charge in [0.15, 0.2) is 11.5 Å². The van der Waals surface area contributed by atoms with Gasteiger partial charge in [-0.05, 0) is 70.3 Å². The molecule has 2 fully saturated rings. The number of carbonyl (C=O) groups excluding carboxylic acids is 1. The van der Waals surface area contributed by atoms with Crippen molar-refractivity contribution in [2.75, 3.05) is 24.5 Å². The maximum atomic E-state index is 12.8. The molecule has 0 bridgehead atoms. The number of carbonyl (C=O) groups is 1. The van der Waals surface area contributed by atoms with E-state index in [1.54, 1.807) is 24.3 Å². The summed E-state index contributed by atoms with van der Waals surface area (Å²) < 4.78 is 6.04. The van der Waals surface area contributed by atoms with Crippen LogP contribution in [0.2, 0.25) is 5.02 Å². The van der Waals surface area contributed by atoms with E-state index >= 15 is 0 Å². The van der Waals surface area contributed by atoms with Gasteiger partial charge in [0, 0.05) is 37.3 Å². The second-order valence-electron chi connectivity index (χ2n) is 9.53. The fourth-order valence-electron chi connectivity index (χ4n) is 5.22. The highest BCUT2D eigenvalue weighted by molar-refractivity contribution is 6.31. The first kappa shape index (κ1) is 25.2. The number of anilines is 1. The average molecular weight is 497 g/mol. The number of aromatic nitrogens is 2. The van der Waals surface area contributed by atoms with Crippen LogP contribution < -0.4 is 15.0 Å². The van der Waals surface area contributed by atoms with Gasteiger partial charge in [-0.2, -0.15) is 5.26 Å². The number of benzene rings is 1. The highest BCUT2D eigenvalue weighted by Gasteiger charge is 2.29. The molecule has 1 saturated heterocycles. The number of hydrogen-bond donors (Lipinski definition) is 1. The first-order valence-corrected chi connectivity index (χ1v) is 12.8. The van der Waals surface area contributed by atoms with Gasteiger partial charge in [0.05, 0.1) is 16.7 Å². The lowest BCUT2D eigenvalue weighted by molar-refractivity contribution is 0.0888. The van der Waals surface area contributed by atoms with E-state index < -0.39 is 0 Å². The molecule has 0 unspecified atom stereocenters. The van der Waals surface area contributed by atoms with Gasteiger partial charge >= 0.3 is 0 Å². The predicted octanol–water partition coefficient (Wildman–Crippen LogP) is 4.04. The number of nitrogens with zero attached hydrogens (tertiary/aromatic N) is 5. The standard InChI is InChI=1S/C26H33ClN6O2/c1-4-33-17(2)15-32(16-18(33)3)25-12-11-24(30-31-25)26(34)29-20-6-9-21(10-7-20)35-22-8-5-19(14-28)23(27)13-22/h5,8,11-13,17-18,20-21H,4,6-7,9-10,15-16H2,1-3H3,(H,29,34)/t17-,18+,20?,21?. The molecule has 2 aromatic rings. The molecule has 1 saturated carbocycles. The molecule has 9 heteroatoms. The number of rotatable bonds is 6. The molecule has 0 spiro atoms. The summed E-state index contributed by atoms with van der Waals surface area (Å²) in [6, 6.07) is 11.8. The summed E-state index contributed by atoms with van der Waals surface area (Å²) in [4.78, 5) is 17.5. The molecule has 1 N–H and O–H groups in total. The van der Waals surface area contributed by atoms with Crippen molar-refractivity contribution in [2.45, 2.75) is 70.7 Å². The van der Waals surface area contributed by atoms with E-state index in [0.29, 0.717) is 34.1 Å². The molecular formula is C26H33ClN6O2. The SMILES string of the molecule is CCN1[C@H](C)CN(c2ccc(C(=O)NC3CCC(Oc4ccc(C#N)c(Cl)c4)CC3)nn2)C[C@@H]1C. The van der Waals surface area contributed by atoms with Gasteiger partial charge in [-0.25, -0.2) is 0 Å². The average Bonchev–Trinajstić information content (AvgIpc) is 2.85. The summed E-state index contributed by atoms with van der Waals surface area (Å²) in [7, 11) is 0. The van der Waals surface area contributed by atoms with Crippen molar-refractivity contribution in [3.8, 4) is 11.8 Å². The highest BCUT2D eigenvalue weighted by Crippen LogP contribution is 2.27. The number of piperazine rings is 1. The van der Waals surface area contributed by atoms with E-state index in [2.05, 4.69) is 46.1 Å². The van der Waals surface area contributed by atoms with E-state index in [0.717, 1.165) is 51.1 Å². The number of nitrogens with one attached hydrogen (secondary N) is 1. The van der Waals surface area contributed by atoms with Crippen LogP contribution in [0.5, 0.6) is 5.75 Å². The predicted molar refractivity (Wildman–Crippen MR) is 136 cm³/mol. The minimum atomic E-state index is -0.190. The normalized spacial score (nSPS) is 25.1. The highest BCUT2D eigenvalue weighted by atomic mass is 35.5. The molecule has 1 aliphatic carbocycles. The Labute approximate surface area is 212 Å². The molecule has 1 aromatic heterocycles. The van der Waals surface area contributed by atoms with Gasteiger partial charge in [0.2, 0.25) is 0 Å². The summed E-state index contributed by atoms with van der Waals surface area (Å²) in [5.41, 5.74) is 0.775. The van der Waals surface area contributed by atoms with Crippen LogP contribution in [-0.2, 0) is 0 Å². The van der Waals surface area contributed by atoms with Crippen LogP contribution >= 0.6 is 11.6 Å². The number of halogens is 1. The molecule has 1 aromatic carbocycles. The minimum absolute atomic E-state index is 0.0594. The van der Waals surface area contributed by atoms with E-state index in [-0.39, 0.29) is 18.1 Å². The number of amides is 1. The topological polar surface area (TPSA) is 94.4 Å². The van der Waals surface area contributed by atoms with Gasteiger partial charge in [-0.3, -0.25) is 9.69 Å². The Bertz CT molecular complexity index is 1050. The third kappa shape index (κ3) is 6.03. The van der Waals surface area contributed by atoms with E-state index in [4.69, 9.17) is 21.6 Å². The Morgan fingerprint density at radius 2 is 1.86 bits per heavy atom. The van der Waals surface area contributed by atoms with Crippen molar-refractivity contribution in [3.63, 3.8) is 0 Å². The van der Waals surface area contributed by atoms with E-state index in [1.165, 1.54) is 0 Å². The van der Waals surface area contributed by atoms with Crippen LogP contribution in [0.3, 0.4) is 0 Å². The summed E-state index contributed by atoms with van der Waals surface area (Å²) in [5, 5.41) is 21.1. The summed E-state index contributed by atoms with van der Waals surface area (Å²) >= 11 is 6.10. The molecule has 35 heavy (non-hydrogen) atoms. The summed E-state index contributed by atoms with van der Waals surface area (Å²) in [5.74, 6) is 1.29. The van der Waals surface area contributed by atoms with Crippen LogP contribution in [0.4, 0.5) is 5.82 Å². The lowest BCUT2D eigenvalue weighted by atomic mass is 9.93. The second kappa shape index (κ2) is 11.2. The van der Waals surface area contributed by atoms with E-state index in [1.807, 2.05) is 12.1 Å². The second-order valence-corrected chi connectivity index (χ2v) is 9.94. The van der Waals surface area contributed by atoms with Gasteiger partial charge < -0.3 is 15.0 Å². The number of nitriles is 1. The Morgan fingerprint density at radius 3 is 2.43 bits per heavy atom. The van der Waals surface area contributed by atoms with Crippen LogP contribution in [-0.4, -0.2) is 64.9 Å². The van der Waals surface area contributed by atoms with Gasteiger partial charge in [-0.15, -0.1) is 10.2 Å². The Kier molecular flexibility index (Phi) is 8.09. The van der Waals surface area contributed by atoms with Crippen molar-refractivity contribution in [1.82, 2.24) is 20.4 Å². The number of hydrogen-bond acceptors (Lipinski definition) is 7. The van der Waals surface area contributed by atoms with Gasteiger partial charge in [0.1, 0.15) is 11.8 Å². The summed E-state index contributed by atoms with van der Waals surface area (Å²) in [6.45, 7) is 9.51. The third-order valence-electron chi connectivity index (χ3n) is 7.05. The maximum absolute atomic E-state index is 12.8. The summed E-state index contributed by atoms with van der Waals surface area (Å²) in [6.07, 6.45) is 3.36. The fourth-order valence-corrected chi connectivity index (χ4v) is 5.43. The zero-order chi connectivity index (χ0) is 24.9. The Morgan fingerprint density at radius 1 is 1.14 bits per heavy atom. The molecule has 4 rings (SSSR count). The zero-order valence-corrected chi connectivity index (χ0v) is 21.3. The van der Waals surface area contributed by atoms with Crippen molar-refractivity contribution < 1.29 is 9.53 Å². The Hall–Kier alpha value is -2.89. The largest absolute Gasteiger partial charge is 0.490 e. The lowest BCUT2D eigenvalue weighted by Crippen LogP contribution is -2.56. The minimum Gasteiger partial charge on any atom is -0.490 e. The fraction of sp³-hybridized carbons (Fsp3) is 0.538. The first-order chi connectivity index (χ1) is 16.9. The van der Waals surface area contributed by atoms with Crippen LogP contribution in [0.15, 0.2) is 30.3 Å². The molecule has 186 valence electrons. The molecule has 1 aliphatic heterocycles. The Balaban J connectivity index is 1.26. The molecule has 2 heterocycles. The molecule has 0 radical (unpaired) electrons. The first-order valence-electron chi connectivity index (χ1n) is 12.4. The smallest absolute Gasteiger partial charge is 0.272 e. The van der Waals surface area contributed by atoms with Crippen molar-refractivity contribution in [3.05, 3.63) is 46.6 Å². The lowest BCUT2D eigenvalue weighted by Gasteiger charge is -2.44. The molecular weight excluding hydrogens is 464 g/mol. The monoisotopic (exact) mass is 496 g/mol. The van der Waals surface area contributed by atoms with Crippen LogP contribution in [0.1, 0.15) is 62.5 Å². The van der Waals surface area contributed by atoms with Gasteiger partial charge in [0.25, 0.3) is 5.91 Å². The molecule has 2 aliphatic rings. The quantitative estimate of drug-likeness (QED) is 0.644. The number of likely N-dealkylation sites (N-methyl/N-ethyl adjacent to an activating group) is 1.